The van der Waals surface area contributed by atoms with Crippen LogP contribution in [0.4, 0.5) is 0 Å². The topological polar surface area (TPSA) is 80.6 Å². The number of aromatic nitrogens is 1. The van der Waals surface area contributed by atoms with Gasteiger partial charge in [-0.3, -0.25) is 19.0 Å². The van der Waals surface area contributed by atoms with Gasteiger partial charge in [0.1, 0.15) is 10.3 Å². The van der Waals surface area contributed by atoms with Crippen molar-refractivity contribution in [2.75, 3.05) is 33.3 Å². The van der Waals surface area contributed by atoms with Crippen molar-refractivity contribution in [3.8, 4) is 5.75 Å². The van der Waals surface area contributed by atoms with Gasteiger partial charge in [-0.1, -0.05) is 62.4 Å². The molecule has 1 amide bonds. The van der Waals surface area contributed by atoms with Crippen LogP contribution < -0.4 is 15.6 Å². The van der Waals surface area contributed by atoms with Crippen LogP contribution in [0.3, 0.4) is 0 Å². The molecule has 0 saturated heterocycles. The lowest BCUT2D eigenvalue weighted by Crippen LogP contribution is -2.34. The Morgan fingerprint density at radius 3 is 2.40 bits per heavy atom. The SMILES string of the molecule is CCN(CC)CCNC(=O)c1sc2c(c1OC)c(=O)n(CC(=O)c1ccccc1)c1ccccc21. The first-order valence-corrected chi connectivity index (χ1v) is 12.5. The zero-order valence-corrected chi connectivity index (χ0v) is 21.0. The van der Waals surface area contributed by atoms with E-state index in [9.17, 15) is 14.4 Å². The number of hydrogen-bond acceptors (Lipinski definition) is 6. The first-order chi connectivity index (χ1) is 17.0. The Balaban J connectivity index is 1.79. The lowest BCUT2D eigenvalue weighted by Gasteiger charge is -2.17. The standard InChI is InChI=1S/C27H29N3O4S/c1-4-29(5-2)16-15-28-26(32)25-23(34-3)22-24(35-25)19-13-9-10-14-20(19)30(27(22)33)17-21(31)18-11-7-6-8-12-18/h6-14H,4-5,15-17H2,1-3H3,(H,28,32). The number of rotatable bonds is 10. The summed E-state index contributed by atoms with van der Waals surface area (Å²) in [6, 6.07) is 16.3. The number of nitrogens with one attached hydrogen (secondary N) is 1. The third-order valence-electron chi connectivity index (χ3n) is 6.18. The van der Waals surface area contributed by atoms with Gasteiger partial charge in [-0.05, 0) is 19.2 Å². The van der Waals surface area contributed by atoms with Crippen LogP contribution in [0.1, 0.15) is 33.9 Å². The smallest absolute Gasteiger partial charge is 0.265 e. The average Bonchev–Trinajstić information content (AvgIpc) is 3.29. The minimum Gasteiger partial charge on any atom is -0.494 e. The van der Waals surface area contributed by atoms with E-state index in [0.29, 0.717) is 32.6 Å². The maximum absolute atomic E-state index is 13.7. The van der Waals surface area contributed by atoms with Crippen molar-refractivity contribution in [2.24, 2.45) is 0 Å². The molecule has 0 bridgehead atoms. The number of para-hydroxylation sites is 1. The molecule has 182 valence electrons. The van der Waals surface area contributed by atoms with Crippen LogP contribution in [-0.2, 0) is 6.54 Å². The number of benzene rings is 2. The third kappa shape index (κ3) is 4.85. The summed E-state index contributed by atoms with van der Waals surface area (Å²) in [4.78, 5) is 42.3. The molecule has 0 fully saturated rings. The lowest BCUT2D eigenvalue weighted by atomic mass is 10.1. The second-order valence-corrected chi connectivity index (χ2v) is 9.17. The predicted octanol–water partition coefficient (Wildman–Crippen LogP) is 4.18. The van der Waals surface area contributed by atoms with E-state index < -0.39 is 0 Å². The quantitative estimate of drug-likeness (QED) is 0.337. The molecular formula is C27H29N3O4S. The molecule has 0 spiro atoms. The lowest BCUT2D eigenvalue weighted by molar-refractivity contribution is 0.0947. The largest absolute Gasteiger partial charge is 0.494 e. The fourth-order valence-corrected chi connectivity index (χ4v) is 5.46. The summed E-state index contributed by atoms with van der Waals surface area (Å²) < 4.78 is 7.76. The normalized spacial score (nSPS) is 11.3. The minimum absolute atomic E-state index is 0.107. The van der Waals surface area contributed by atoms with Gasteiger partial charge in [-0.2, -0.15) is 0 Å². The highest BCUT2D eigenvalue weighted by Crippen LogP contribution is 2.39. The fraction of sp³-hybridized carbons (Fsp3) is 0.296. The number of pyridine rings is 1. The molecule has 0 aliphatic heterocycles. The van der Waals surface area contributed by atoms with Crippen molar-refractivity contribution in [3.63, 3.8) is 0 Å². The second kappa shape index (κ2) is 10.8. The first-order valence-electron chi connectivity index (χ1n) is 11.7. The predicted molar refractivity (Wildman–Crippen MR) is 141 cm³/mol. The van der Waals surface area contributed by atoms with E-state index in [1.807, 2.05) is 30.3 Å². The van der Waals surface area contributed by atoms with Crippen LogP contribution in [0.2, 0.25) is 0 Å². The number of methoxy groups -OCH3 is 1. The number of thiophene rings is 1. The molecule has 4 aromatic rings. The molecule has 0 atom stereocenters. The van der Waals surface area contributed by atoms with Crippen molar-refractivity contribution in [2.45, 2.75) is 20.4 Å². The Labute approximate surface area is 207 Å². The maximum Gasteiger partial charge on any atom is 0.265 e. The van der Waals surface area contributed by atoms with E-state index in [0.717, 1.165) is 25.0 Å². The van der Waals surface area contributed by atoms with E-state index in [2.05, 4.69) is 24.1 Å². The number of amides is 1. The van der Waals surface area contributed by atoms with Crippen LogP contribution in [0.15, 0.2) is 59.4 Å². The van der Waals surface area contributed by atoms with Crippen LogP contribution >= 0.6 is 11.3 Å². The molecule has 0 unspecified atom stereocenters. The number of ether oxygens (including phenoxy) is 1. The molecule has 7 nitrogen and oxygen atoms in total. The summed E-state index contributed by atoms with van der Waals surface area (Å²) in [5.74, 6) is -0.187. The second-order valence-electron chi connectivity index (χ2n) is 8.15. The van der Waals surface area contributed by atoms with E-state index in [-0.39, 0.29) is 29.5 Å². The van der Waals surface area contributed by atoms with Gasteiger partial charge in [0, 0.05) is 24.0 Å². The molecule has 2 aromatic heterocycles. The Kier molecular flexibility index (Phi) is 7.63. The summed E-state index contributed by atoms with van der Waals surface area (Å²) in [6.07, 6.45) is 0. The molecule has 0 aliphatic carbocycles. The molecule has 0 aliphatic rings. The van der Waals surface area contributed by atoms with Gasteiger partial charge >= 0.3 is 0 Å². The molecule has 35 heavy (non-hydrogen) atoms. The highest BCUT2D eigenvalue weighted by atomic mass is 32.1. The van der Waals surface area contributed by atoms with Crippen molar-refractivity contribution in [1.82, 2.24) is 14.8 Å². The molecule has 0 radical (unpaired) electrons. The molecule has 2 aromatic carbocycles. The third-order valence-corrected chi connectivity index (χ3v) is 7.38. The summed E-state index contributed by atoms with van der Waals surface area (Å²) in [7, 11) is 1.46. The van der Waals surface area contributed by atoms with Gasteiger partial charge in [0.2, 0.25) is 0 Å². The van der Waals surface area contributed by atoms with Gasteiger partial charge in [0.15, 0.2) is 11.5 Å². The van der Waals surface area contributed by atoms with Crippen molar-refractivity contribution >= 4 is 44.0 Å². The Morgan fingerprint density at radius 1 is 1.03 bits per heavy atom. The van der Waals surface area contributed by atoms with Gasteiger partial charge < -0.3 is 15.0 Å². The number of likely N-dealkylation sites (N-methyl/N-ethyl adjacent to an activating group) is 1. The number of nitrogens with zero attached hydrogens (tertiary/aromatic N) is 2. The van der Waals surface area contributed by atoms with E-state index in [4.69, 9.17) is 4.74 Å². The molecule has 2 heterocycles. The zero-order valence-electron chi connectivity index (χ0n) is 20.2. The Bertz CT molecular complexity index is 1420. The van der Waals surface area contributed by atoms with Crippen molar-refractivity contribution in [1.29, 1.82) is 0 Å². The summed E-state index contributed by atoms with van der Waals surface area (Å²) in [5, 5.41) is 4.08. The van der Waals surface area contributed by atoms with Gasteiger partial charge in [-0.15, -0.1) is 11.3 Å². The highest BCUT2D eigenvalue weighted by Gasteiger charge is 2.25. The first kappa shape index (κ1) is 24.6. The summed E-state index contributed by atoms with van der Waals surface area (Å²) in [5.41, 5.74) is 0.832. The monoisotopic (exact) mass is 491 g/mol. The number of hydrogen-bond donors (Lipinski definition) is 1. The average molecular weight is 492 g/mol. The van der Waals surface area contributed by atoms with E-state index >= 15 is 0 Å². The van der Waals surface area contributed by atoms with Crippen molar-refractivity contribution < 1.29 is 14.3 Å². The van der Waals surface area contributed by atoms with Gasteiger partial charge in [0.25, 0.3) is 11.5 Å². The van der Waals surface area contributed by atoms with Gasteiger partial charge in [0.05, 0.1) is 23.9 Å². The van der Waals surface area contributed by atoms with Gasteiger partial charge in [-0.25, -0.2) is 0 Å². The highest BCUT2D eigenvalue weighted by molar-refractivity contribution is 7.22. The molecule has 1 N–H and O–H groups in total. The van der Waals surface area contributed by atoms with E-state index in [1.54, 1.807) is 24.3 Å². The summed E-state index contributed by atoms with van der Waals surface area (Å²) >= 11 is 1.25. The number of carbonyl (C=O) groups excluding carboxylic acids is 2. The molecular weight excluding hydrogens is 462 g/mol. The molecule has 0 saturated carbocycles. The number of ketones is 1. The van der Waals surface area contributed by atoms with E-state index in [1.165, 1.54) is 23.0 Å². The van der Waals surface area contributed by atoms with Crippen molar-refractivity contribution in [3.05, 3.63) is 75.4 Å². The van der Waals surface area contributed by atoms with Crippen LogP contribution in [0.5, 0.6) is 5.75 Å². The maximum atomic E-state index is 13.7. The van der Waals surface area contributed by atoms with Crippen LogP contribution in [0.25, 0.3) is 21.0 Å². The zero-order chi connectivity index (χ0) is 24.9. The number of fused-ring (bicyclic) bond motifs is 3. The van der Waals surface area contributed by atoms with Crippen LogP contribution in [0, 0.1) is 0 Å². The van der Waals surface area contributed by atoms with Crippen LogP contribution in [-0.4, -0.2) is 54.4 Å². The minimum atomic E-state index is -0.349. The Hall–Kier alpha value is -3.49. The summed E-state index contributed by atoms with van der Waals surface area (Å²) in [6.45, 7) is 7.11. The molecule has 8 heteroatoms. The Morgan fingerprint density at radius 2 is 1.71 bits per heavy atom. The molecule has 4 rings (SSSR count). The fourth-order valence-electron chi connectivity index (χ4n) is 4.25. The number of Topliss-reactive ketones (excluding diaryl/α,β-unsaturated/α-hetero) is 1. The number of carbonyl (C=O) groups is 2.